The normalized spacial score (nSPS) is 18.9. The molecule has 1 aromatic heterocycles. The third kappa shape index (κ3) is 8.67. The summed E-state index contributed by atoms with van der Waals surface area (Å²) in [4.78, 5) is 18.8. The highest BCUT2D eigenvalue weighted by molar-refractivity contribution is 5.93. The number of carbonyl (C=O) groups excluding carboxylic acids is 1. The number of hydrogen-bond acceptors (Lipinski definition) is 7. The van der Waals surface area contributed by atoms with Crippen molar-refractivity contribution in [2.75, 3.05) is 13.6 Å². The van der Waals surface area contributed by atoms with Gasteiger partial charge in [-0.15, -0.1) is 0 Å². The summed E-state index contributed by atoms with van der Waals surface area (Å²) in [5.41, 5.74) is 7.17. The topological polar surface area (TPSA) is 104 Å². The first-order valence-electron chi connectivity index (χ1n) is 16.7. The molecule has 6 rings (SSSR count). The maximum absolute atomic E-state index is 12.6. The van der Waals surface area contributed by atoms with Crippen molar-refractivity contribution in [1.82, 2.24) is 15.2 Å². The molecular weight excluding hydrogens is 614 g/mol. The molecule has 8 heteroatoms. The largest absolute Gasteiger partial charge is 0.392 e. The number of likely N-dealkylation sites (N-methyl/N-ethyl adjacent to an activating group) is 1. The van der Waals surface area contributed by atoms with Crippen molar-refractivity contribution < 1.29 is 24.5 Å². The number of pyridine rings is 1. The van der Waals surface area contributed by atoms with Gasteiger partial charge in [0.2, 0.25) is 0 Å². The molecule has 0 aliphatic carbocycles. The Hall–Kier alpha value is -4.70. The van der Waals surface area contributed by atoms with E-state index in [1.807, 2.05) is 92.8 Å². The number of aromatic nitrogens is 1. The van der Waals surface area contributed by atoms with Crippen LogP contribution in [0.2, 0.25) is 0 Å². The minimum atomic E-state index is -0.639. The number of amides is 1. The van der Waals surface area contributed by atoms with E-state index in [2.05, 4.69) is 39.5 Å². The van der Waals surface area contributed by atoms with Crippen LogP contribution in [0.1, 0.15) is 70.0 Å². The molecular formula is C41H43N3O5. The number of rotatable bonds is 12. The lowest BCUT2D eigenvalue weighted by Crippen LogP contribution is -2.43. The molecule has 252 valence electrons. The number of aliphatic hydroxyl groups excluding tert-OH is 2. The van der Waals surface area contributed by atoms with Gasteiger partial charge in [0.05, 0.1) is 30.5 Å². The first-order chi connectivity index (χ1) is 23.9. The molecule has 5 atom stereocenters. The van der Waals surface area contributed by atoms with Crippen molar-refractivity contribution in [1.29, 1.82) is 0 Å². The van der Waals surface area contributed by atoms with Gasteiger partial charge in [-0.25, -0.2) is 0 Å². The molecule has 1 amide bonds. The molecule has 1 aliphatic rings. The third-order valence-corrected chi connectivity index (χ3v) is 9.20. The first-order valence-corrected chi connectivity index (χ1v) is 16.7. The monoisotopic (exact) mass is 657 g/mol. The summed E-state index contributed by atoms with van der Waals surface area (Å²) in [5.74, 6) is -0.170. The van der Waals surface area contributed by atoms with Crippen molar-refractivity contribution in [2.24, 2.45) is 0 Å². The van der Waals surface area contributed by atoms with Gasteiger partial charge in [-0.2, -0.15) is 0 Å². The predicted octanol–water partition coefficient (Wildman–Crippen LogP) is 6.77. The van der Waals surface area contributed by atoms with E-state index in [9.17, 15) is 15.0 Å². The summed E-state index contributed by atoms with van der Waals surface area (Å²) in [7, 11) is 2.02. The molecule has 0 saturated carbocycles. The van der Waals surface area contributed by atoms with E-state index in [1.165, 1.54) is 0 Å². The molecule has 5 aromatic rings. The molecule has 49 heavy (non-hydrogen) atoms. The SMILES string of the molecule is C[C@H]([C@@H](O)c1ccccc1)N(C)C[C@H]1C[C@@H](c2ccc(CO)cc2)O[C@@H](c2cccc(-c3cccc(CNC(=O)c4cccnc4)c3)c2)O1. The molecule has 2 heterocycles. The molecule has 0 bridgehead atoms. The molecule has 4 aromatic carbocycles. The number of benzene rings is 4. The van der Waals surface area contributed by atoms with E-state index in [1.54, 1.807) is 24.5 Å². The fourth-order valence-electron chi connectivity index (χ4n) is 6.20. The van der Waals surface area contributed by atoms with Gasteiger partial charge < -0.3 is 25.0 Å². The van der Waals surface area contributed by atoms with Crippen LogP contribution in [0.4, 0.5) is 0 Å². The van der Waals surface area contributed by atoms with E-state index >= 15 is 0 Å². The van der Waals surface area contributed by atoms with Crippen LogP contribution in [-0.4, -0.2) is 51.7 Å². The van der Waals surface area contributed by atoms with Gasteiger partial charge in [0.15, 0.2) is 6.29 Å². The number of nitrogens with one attached hydrogen (secondary N) is 1. The average molecular weight is 658 g/mol. The third-order valence-electron chi connectivity index (χ3n) is 9.20. The maximum Gasteiger partial charge on any atom is 0.253 e. The Labute approximate surface area is 288 Å². The van der Waals surface area contributed by atoms with E-state index in [-0.39, 0.29) is 30.8 Å². The maximum atomic E-state index is 12.6. The zero-order valence-corrected chi connectivity index (χ0v) is 27.9. The van der Waals surface area contributed by atoms with Gasteiger partial charge >= 0.3 is 0 Å². The van der Waals surface area contributed by atoms with Crippen molar-refractivity contribution in [3.63, 3.8) is 0 Å². The van der Waals surface area contributed by atoms with Gasteiger partial charge in [0.25, 0.3) is 5.91 Å². The Morgan fingerprint density at radius 1 is 0.878 bits per heavy atom. The lowest BCUT2D eigenvalue weighted by molar-refractivity contribution is -0.253. The van der Waals surface area contributed by atoms with Crippen molar-refractivity contribution >= 4 is 5.91 Å². The zero-order chi connectivity index (χ0) is 34.2. The molecule has 8 nitrogen and oxygen atoms in total. The predicted molar refractivity (Wildman–Crippen MR) is 189 cm³/mol. The van der Waals surface area contributed by atoms with Crippen LogP contribution in [0, 0.1) is 0 Å². The summed E-state index contributed by atoms with van der Waals surface area (Å²) in [6.07, 6.45) is 2.18. The van der Waals surface area contributed by atoms with E-state index in [4.69, 9.17) is 9.47 Å². The fourth-order valence-corrected chi connectivity index (χ4v) is 6.20. The van der Waals surface area contributed by atoms with E-state index in [0.717, 1.165) is 38.9 Å². The molecule has 0 spiro atoms. The van der Waals surface area contributed by atoms with Gasteiger partial charge in [-0.1, -0.05) is 91.0 Å². The molecule has 1 fully saturated rings. The number of carbonyl (C=O) groups is 1. The van der Waals surface area contributed by atoms with Crippen LogP contribution in [0.25, 0.3) is 11.1 Å². The fraction of sp³-hybridized carbons (Fsp3) is 0.268. The molecule has 1 aliphatic heterocycles. The van der Waals surface area contributed by atoms with Crippen LogP contribution < -0.4 is 5.32 Å². The first kappa shape index (κ1) is 34.2. The highest BCUT2D eigenvalue weighted by atomic mass is 16.7. The van der Waals surface area contributed by atoms with Crippen molar-refractivity contribution in [2.45, 2.75) is 57.1 Å². The molecule has 0 radical (unpaired) electrons. The van der Waals surface area contributed by atoms with Gasteiger partial charge in [-0.05, 0) is 71.6 Å². The Balaban J connectivity index is 1.20. The van der Waals surface area contributed by atoms with Crippen LogP contribution in [0.15, 0.2) is 128 Å². The smallest absolute Gasteiger partial charge is 0.253 e. The molecule has 3 N–H and O–H groups in total. The summed E-state index contributed by atoms with van der Waals surface area (Å²) in [6, 6.07) is 37.2. The number of hydrogen-bond donors (Lipinski definition) is 3. The Kier molecular flexibility index (Phi) is 11.3. The van der Waals surface area contributed by atoms with Gasteiger partial charge in [0.1, 0.15) is 0 Å². The number of ether oxygens (including phenoxy) is 2. The summed E-state index contributed by atoms with van der Waals surface area (Å²) in [5, 5.41) is 23.7. The van der Waals surface area contributed by atoms with Crippen LogP contribution in [-0.2, 0) is 22.6 Å². The standard InChI is InChI=1S/C41H43N3O5/c1-28(39(46)32-10-4-3-5-11-32)44(2)26-37-23-38(31-18-16-29(27-45)17-19-31)49-41(48-37)35-14-7-13-34(22-35)33-12-6-9-30(21-33)24-43-40(47)36-15-8-20-42-25-36/h3-22,25,28,37-39,41,45-46H,23-24,26-27H2,1-2H3,(H,43,47)/t28-,37-,38+,39-,41+/m1/s1. The van der Waals surface area contributed by atoms with Crippen molar-refractivity contribution in [3.8, 4) is 11.1 Å². The minimum absolute atomic E-state index is 0.0164. The quantitative estimate of drug-likeness (QED) is 0.136. The highest BCUT2D eigenvalue weighted by Gasteiger charge is 2.34. The Bertz CT molecular complexity index is 1800. The average Bonchev–Trinajstić information content (AvgIpc) is 3.17. The lowest BCUT2D eigenvalue weighted by atomic mass is 9.97. The van der Waals surface area contributed by atoms with Gasteiger partial charge in [-0.3, -0.25) is 14.7 Å². The number of nitrogens with zero attached hydrogens (tertiary/aromatic N) is 2. The summed E-state index contributed by atoms with van der Waals surface area (Å²) >= 11 is 0. The molecule has 1 saturated heterocycles. The van der Waals surface area contributed by atoms with Crippen molar-refractivity contribution in [3.05, 3.63) is 161 Å². The Morgan fingerprint density at radius 3 is 2.37 bits per heavy atom. The van der Waals surface area contributed by atoms with Crippen LogP contribution >= 0.6 is 0 Å². The zero-order valence-electron chi connectivity index (χ0n) is 27.9. The second-order valence-electron chi connectivity index (χ2n) is 12.6. The van der Waals surface area contributed by atoms with Crippen LogP contribution in [0.5, 0.6) is 0 Å². The number of aliphatic hydroxyl groups is 2. The minimum Gasteiger partial charge on any atom is -0.392 e. The lowest BCUT2D eigenvalue weighted by Gasteiger charge is -2.39. The van der Waals surface area contributed by atoms with Crippen LogP contribution in [0.3, 0.4) is 0 Å². The Morgan fingerprint density at radius 2 is 1.63 bits per heavy atom. The highest BCUT2D eigenvalue weighted by Crippen LogP contribution is 2.39. The second-order valence-corrected chi connectivity index (χ2v) is 12.6. The van der Waals surface area contributed by atoms with Gasteiger partial charge in [0, 0.05) is 43.5 Å². The second kappa shape index (κ2) is 16.1. The summed E-state index contributed by atoms with van der Waals surface area (Å²) < 4.78 is 13.3. The van der Waals surface area contributed by atoms with E-state index in [0.29, 0.717) is 25.1 Å². The molecule has 0 unspecified atom stereocenters. The summed E-state index contributed by atoms with van der Waals surface area (Å²) in [6.45, 7) is 3.00. The van der Waals surface area contributed by atoms with E-state index < -0.39 is 12.4 Å².